The smallest absolute Gasteiger partial charge is 0.0754 e. The van der Waals surface area contributed by atoms with Gasteiger partial charge in [0.15, 0.2) is 0 Å². The van der Waals surface area contributed by atoms with E-state index >= 15 is 0 Å². The largest absolute Gasteiger partial charge is 0.310 e. The lowest BCUT2D eigenvalue weighted by molar-refractivity contribution is 0.749. The van der Waals surface area contributed by atoms with Gasteiger partial charge in [-0.3, -0.25) is 0 Å². The normalized spacial score (nSPS) is 15.2. The van der Waals surface area contributed by atoms with Gasteiger partial charge in [-0.05, 0) is 160 Å². The summed E-state index contributed by atoms with van der Waals surface area (Å²) in [6, 6.07) is 110. The zero-order chi connectivity index (χ0) is 52.3. The van der Waals surface area contributed by atoms with Gasteiger partial charge in [-0.15, -0.1) is 0 Å². The molecule has 370 valence electrons. The Morgan fingerprint density at radius 1 is 0.275 bits per heavy atom. The molecule has 0 bridgehead atoms. The van der Waals surface area contributed by atoms with Gasteiger partial charge in [0, 0.05) is 27.7 Å². The van der Waals surface area contributed by atoms with Crippen molar-refractivity contribution in [1.29, 1.82) is 0 Å². The number of fused-ring (bicyclic) bond motifs is 23. The lowest BCUT2D eigenvalue weighted by Gasteiger charge is -2.39. The first kappa shape index (κ1) is 43.8. The van der Waals surface area contributed by atoms with Crippen molar-refractivity contribution in [3.05, 3.63) is 336 Å². The predicted octanol–water partition coefficient (Wildman–Crippen LogP) is 19.8. The maximum Gasteiger partial charge on any atom is 0.0754 e. The molecule has 1 aromatic heterocycles. The second-order valence-electron chi connectivity index (χ2n) is 22.2. The molecule has 3 aliphatic carbocycles. The lowest BCUT2D eigenvalue weighted by atomic mass is 9.65. The van der Waals surface area contributed by atoms with Gasteiger partial charge in [-0.2, -0.15) is 0 Å². The molecule has 0 amide bonds. The third-order valence-electron chi connectivity index (χ3n) is 18.6. The molecule has 1 aliphatic heterocycles. The van der Waals surface area contributed by atoms with Gasteiger partial charge in [-0.25, -0.2) is 0 Å². The molecular weight excluding hydrogens is 965 g/mol. The molecule has 0 saturated heterocycles. The second-order valence-corrected chi connectivity index (χ2v) is 22.2. The van der Waals surface area contributed by atoms with E-state index in [0.717, 1.165) is 17.1 Å². The van der Waals surface area contributed by atoms with Crippen LogP contribution in [0.15, 0.2) is 291 Å². The number of benzene rings is 13. The summed E-state index contributed by atoms with van der Waals surface area (Å²) >= 11 is 0. The van der Waals surface area contributed by atoms with E-state index in [1.807, 2.05) is 0 Å². The van der Waals surface area contributed by atoms with Gasteiger partial charge in [0.25, 0.3) is 0 Å². The van der Waals surface area contributed by atoms with Crippen molar-refractivity contribution in [1.82, 2.24) is 4.57 Å². The summed E-state index contributed by atoms with van der Waals surface area (Å²) in [5.74, 6) is 0. The zero-order valence-electron chi connectivity index (χ0n) is 43.6. The molecule has 2 heteroatoms. The Bertz CT molecular complexity index is 4920. The van der Waals surface area contributed by atoms with E-state index in [-0.39, 0.29) is 0 Å². The minimum atomic E-state index is -0.515. The molecule has 0 N–H and O–H groups in total. The average Bonchev–Trinajstić information content (AvgIpc) is 4.39. The summed E-state index contributed by atoms with van der Waals surface area (Å²) in [6.07, 6.45) is 0. The summed E-state index contributed by atoms with van der Waals surface area (Å²) in [5, 5.41) is 4.96. The molecule has 2 heterocycles. The van der Waals surface area contributed by atoms with Gasteiger partial charge in [0.05, 0.1) is 33.2 Å². The average molecular weight is 1010 g/mol. The van der Waals surface area contributed by atoms with Gasteiger partial charge >= 0.3 is 0 Å². The van der Waals surface area contributed by atoms with Crippen LogP contribution in [0.2, 0.25) is 0 Å². The highest BCUT2D eigenvalue weighted by Gasteiger charge is 2.53. The SMILES string of the molecule is c1ccc(-c2ccc(N(c3ccc4cc(-c5ccc6c(c5)C5(c7ccccc7-6)c6ccccc6-n6c7ccccc7c7cccc5c76)ccc4c3)c3cccc4c3-c3ccccc3C43c4ccccc4-c4ccccc43)cc2)cc1. The van der Waals surface area contributed by atoms with Crippen LogP contribution in [0.5, 0.6) is 0 Å². The number of nitrogens with zero attached hydrogens (tertiary/aromatic N) is 2. The molecule has 18 rings (SSSR count). The number of hydrogen-bond acceptors (Lipinski definition) is 1. The quantitative estimate of drug-likeness (QED) is 0.167. The highest BCUT2D eigenvalue weighted by molar-refractivity contribution is 6.13. The van der Waals surface area contributed by atoms with Crippen molar-refractivity contribution in [2.24, 2.45) is 0 Å². The summed E-state index contributed by atoms with van der Waals surface area (Å²) in [4.78, 5) is 2.50. The number of anilines is 3. The minimum absolute atomic E-state index is 0.453. The Hall–Kier alpha value is -10.3. The molecule has 80 heavy (non-hydrogen) atoms. The van der Waals surface area contributed by atoms with Crippen LogP contribution in [0.3, 0.4) is 0 Å². The highest BCUT2D eigenvalue weighted by atomic mass is 15.1. The minimum Gasteiger partial charge on any atom is -0.310 e. The van der Waals surface area contributed by atoms with E-state index in [9.17, 15) is 0 Å². The Balaban J connectivity index is 0.809. The van der Waals surface area contributed by atoms with Crippen LogP contribution in [-0.4, -0.2) is 4.57 Å². The maximum atomic E-state index is 2.53. The summed E-state index contributed by atoms with van der Waals surface area (Å²) in [5.41, 5.74) is 29.4. The number of aromatic nitrogens is 1. The highest BCUT2D eigenvalue weighted by Crippen LogP contribution is 2.65. The zero-order valence-corrected chi connectivity index (χ0v) is 43.6. The molecule has 2 spiro atoms. The van der Waals surface area contributed by atoms with Crippen LogP contribution in [0.4, 0.5) is 17.1 Å². The van der Waals surface area contributed by atoms with Crippen LogP contribution < -0.4 is 4.90 Å². The predicted molar refractivity (Wildman–Crippen MR) is 331 cm³/mol. The van der Waals surface area contributed by atoms with Crippen molar-refractivity contribution in [2.45, 2.75) is 10.8 Å². The van der Waals surface area contributed by atoms with E-state index in [4.69, 9.17) is 0 Å². The lowest BCUT2D eigenvalue weighted by Crippen LogP contribution is -2.33. The topological polar surface area (TPSA) is 8.17 Å². The van der Waals surface area contributed by atoms with E-state index < -0.39 is 10.8 Å². The third kappa shape index (κ3) is 5.57. The molecule has 0 radical (unpaired) electrons. The third-order valence-corrected chi connectivity index (χ3v) is 18.6. The van der Waals surface area contributed by atoms with E-state index in [2.05, 4.69) is 301 Å². The Morgan fingerprint density at radius 2 is 0.762 bits per heavy atom. The van der Waals surface area contributed by atoms with Gasteiger partial charge in [0.2, 0.25) is 0 Å². The first-order valence-electron chi connectivity index (χ1n) is 28.0. The summed E-state index contributed by atoms with van der Waals surface area (Å²) < 4.78 is 2.53. The fourth-order valence-corrected chi connectivity index (χ4v) is 15.5. The van der Waals surface area contributed by atoms with Gasteiger partial charge < -0.3 is 9.47 Å². The van der Waals surface area contributed by atoms with Crippen molar-refractivity contribution in [3.8, 4) is 61.3 Å². The molecule has 14 aromatic rings. The number of rotatable bonds is 5. The standard InChI is InChI=1S/C78H48N2/c1-2-18-49(19-3-1)50-38-42-55(43-39-50)79(74-35-17-31-69-75(74)63-24-7-12-29-67(63)77(69)64-26-9-4-20-57(64)58-21-5-10-27-65(58)77)56-44-40-52-46-51(36-37-53(52)47-56)54-41-45-60-59-22-6-11-28-66(59)78(71(60)48-54)68-30-13-15-34-73(68)80-72-33-14-8-23-61(72)62-25-16-32-70(78)76(62)80/h1-48H. The van der Waals surface area contributed by atoms with Crippen molar-refractivity contribution in [3.63, 3.8) is 0 Å². The maximum absolute atomic E-state index is 2.53. The molecule has 2 nitrogen and oxygen atoms in total. The van der Waals surface area contributed by atoms with Gasteiger partial charge in [-0.1, -0.05) is 237 Å². The van der Waals surface area contributed by atoms with E-state index in [0.29, 0.717) is 0 Å². The molecule has 13 aromatic carbocycles. The van der Waals surface area contributed by atoms with Gasteiger partial charge in [0.1, 0.15) is 0 Å². The van der Waals surface area contributed by atoms with Crippen LogP contribution >= 0.6 is 0 Å². The van der Waals surface area contributed by atoms with Crippen LogP contribution in [0.25, 0.3) is 93.9 Å². The molecule has 0 saturated carbocycles. The summed E-state index contributed by atoms with van der Waals surface area (Å²) in [7, 11) is 0. The first-order valence-corrected chi connectivity index (χ1v) is 28.0. The Kier molecular flexibility index (Phi) is 8.83. The Labute approximate surface area is 464 Å². The fourth-order valence-electron chi connectivity index (χ4n) is 15.5. The van der Waals surface area contributed by atoms with Crippen molar-refractivity contribution in [2.75, 3.05) is 4.90 Å². The monoisotopic (exact) mass is 1010 g/mol. The Morgan fingerprint density at radius 3 is 1.51 bits per heavy atom. The van der Waals surface area contributed by atoms with Crippen LogP contribution in [-0.2, 0) is 10.8 Å². The molecule has 1 unspecified atom stereocenters. The number of para-hydroxylation sites is 3. The molecule has 0 fully saturated rings. The van der Waals surface area contributed by atoms with E-state index in [1.54, 1.807) is 0 Å². The molecule has 4 aliphatic rings. The summed E-state index contributed by atoms with van der Waals surface area (Å²) in [6.45, 7) is 0. The van der Waals surface area contributed by atoms with E-state index in [1.165, 1.54) is 138 Å². The molecular formula is C78H48N2. The number of hydrogen-bond donors (Lipinski definition) is 0. The first-order chi connectivity index (χ1) is 39.7. The molecule has 1 atom stereocenters. The van der Waals surface area contributed by atoms with Crippen molar-refractivity contribution >= 4 is 49.6 Å². The van der Waals surface area contributed by atoms with Crippen molar-refractivity contribution < 1.29 is 0 Å². The van der Waals surface area contributed by atoms with Crippen LogP contribution in [0.1, 0.15) is 44.5 Å². The fraction of sp³-hybridized carbons (Fsp3) is 0.0256. The second kappa shape index (κ2) is 16.1. The van der Waals surface area contributed by atoms with Crippen LogP contribution in [0, 0.1) is 0 Å².